The smallest absolute Gasteiger partial charge is 0.131 e. The van der Waals surface area contributed by atoms with Gasteiger partial charge in [0.25, 0.3) is 0 Å². The summed E-state index contributed by atoms with van der Waals surface area (Å²) in [5.74, 6) is 0.306. The maximum Gasteiger partial charge on any atom is 0.131 e. The van der Waals surface area contributed by atoms with Crippen molar-refractivity contribution >= 4 is 11.1 Å². The van der Waals surface area contributed by atoms with Crippen molar-refractivity contribution in [2.24, 2.45) is 0 Å². The third-order valence-corrected chi connectivity index (χ3v) is 3.04. The Morgan fingerprint density at radius 3 is 2.00 bits per heavy atom. The van der Waals surface area contributed by atoms with E-state index < -0.39 is 0 Å². The van der Waals surface area contributed by atoms with E-state index in [4.69, 9.17) is 0 Å². The molecule has 0 radical (unpaired) electrons. The Labute approximate surface area is 122 Å². The van der Waals surface area contributed by atoms with E-state index in [1.54, 1.807) is 6.08 Å². The zero-order chi connectivity index (χ0) is 15.0. The Kier molecular flexibility index (Phi) is 6.31. The molecule has 0 aliphatic heterocycles. The number of hydrogen-bond acceptors (Lipinski definition) is 1. The zero-order valence-corrected chi connectivity index (χ0v) is 12.4. The highest BCUT2D eigenvalue weighted by Gasteiger charge is 2.10. The first-order valence-electron chi connectivity index (χ1n) is 6.76. The second-order valence-electron chi connectivity index (χ2n) is 4.28. The van der Waals surface area contributed by atoms with Crippen molar-refractivity contribution in [2.75, 3.05) is 0 Å². The first-order valence-corrected chi connectivity index (χ1v) is 6.76. The maximum absolute atomic E-state index is 10.5. The zero-order valence-electron chi connectivity index (χ0n) is 12.4. The number of allylic oxidation sites excluding steroid dienone is 9. The lowest BCUT2D eigenvalue weighted by Gasteiger charge is -2.11. The molecule has 0 bridgehead atoms. The molecule has 0 saturated heterocycles. The van der Waals surface area contributed by atoms with Gasteiger partial charge in [0.05, 0.1) is 0 Å². The minimum atomic E-state index is 0.306. The quantitative estimate of drug-likeness (QED) is 0.696. The summed E-state index contributed by atoms with van der Waals surface area (Å²) < 4.78 is 0. The first-order chi connectivity index (χ1) is 9.69. The van der Waals surface area contributed by atoms with Gasteiger partial charge in [-0.15, -0.1) is 0 Å². The van der Waals surface area contributed by atoms with E-state index in [0.29, 0.717) is 5.75 Å². The Bertz CT molecular complexity index is 584. The fourth-order valence-corrected chi connectivity index (χ4v) is 2.04. The van der Waals surface area contributed by atoms with Gasteiger partial charge < -0.3 is 5.11 Å². The van der Waals surface area contributed by atoms with Gasteiger partial charge in [-0.1, -0.05) is 67.3 Å². The van der Waals surface area contributed by atoms with Crippen LogP contribution in [0.1, 0.15) is 31.9 Å². The van der Waals surface area contributed by atoms with Crippen LogP contribution in [-0.4, -0.2) is 5.11 Å². The number of para-hydroxylation sites is 1. The van der Waals surface area contributed by atoms with Crippen molar-refractivity contribution < 1.29 is 5.11 Å². The number of benzene rings is 1. The first kappa shape index (κ1) is 15.8. The lowest BCUT2D eigenvalue weighted by molar-refractivity contribution is 0.472. The van der Waals surface area contributed by atoms with Crippen LogP contribution in [0.25, 0.3) is 11.1 Å². The van der Waals surface area contributed by atoms with Crippen molar-refractivity contribution in [3.05, 3.63) is 78.4 Å². The summed E-state index contributed by atoms with van der Waals surface area (Å²) in [5, 5.41) is 10.5. The Morgan fingerprint density at radius 2 is 1.55 bits per heavy atom. The van der Waals surface area contributed by atoms with Crippen LogP contribution >= 0.6 is 0 Å². The number of phenolic OH excluding ortho intramolecular Hbond substituents is 1. The van der Waals surface area contributed by atoms with Crippen molar-refractivity contribution in [3.8, 4) is 5.75 Å². The molecule has 0 aromatic heterocycles. The average Bonchev–Trinajstić information content (AvgIpc) is 2.47. The summed E-state index contributed by atoms with van der Waals surface area (Å²) in [7, 11) is 0. The van der Waals surface area contributed by atoms with Crippen LogP contribution < -0.4 is 0 Å². The molecule has 1 rings (SSSR count). The van der Waals surface area contributed by atoms with E-state index in [2.05, 4.69) is 6.58 Å². The van der Waals surface area contributed by atoms with E-state index in [-0.39, 0.29) is 0 Å². The maximum atomic E-state index is 10.5. The predicted molar refractivity (Wildman–Crippen MR) is 89.6 cm³/mol. The Hall–Kier alpha value is -2.28. The van der Waals surface area contributed by atoms with Crippen LogP contribution in [0, 0.1) is 0 Å². The molecular formula is C19H22O. The van der Waals surface area contributed by atoms with Crippen LogP contribution in [0.4, 0.5) is 0 Å². The number of phenols is 1. The number of rotatable bonds is 5. The van der Waals surface area contributed by atoms with Gasteiger partial charge in [-0.2, -0.15) is 0 Å². The monoisotopic (exact) mass is 266 g/mol. The molecule has 0 saturated carbocycles. The van der Waals surface area contributed by atoms with Crippen molar-refractivity contribution in [2.45, 2.75) is 20.8 Å². The Balaban J connectivity index is 3.39. The molecule has 0 spiro atoms. The van der Waals surface area contributed by atoms with E-state index in [1.165, 1.54) is 0 Å². The summed E-state index contributed by atoms with van der Waals surface area (Å²) in [6.07, 6.45) is 13.5. The van der Waals surface area contributed by atoms with E-state index in [9.17, 15) is 5.11 Å². The summed E-state index contributed by atoms with van der Waals surface area (Å²) in [6.45, 7) is 9.56. The summed E-state index contributed by atoms with van der Waals surface area (Å²) in [5.41, 5.74) is 3.65. The molecule has 1 N–H and O–H groups in total. The van der Waals surface area contributed by atoms with Gasteiger partial charge in [-0.05, 0) is 31.9 Å². The SMILES string of the molecule is C=C/C=C\C(=C/C)c1cccc(C(/C=C\C)=C/C)c1O. The lowest BCUT2D eigenvalue weighted by atomic mass is 9.96. The van der Waals surface area contributed by atoms with Gasteiger partial charge in [0.2, 0.25) is 0 Å². The molecule has 0 amide bonds. The van der Waals surface area contributed by atoms with Gasteiger partial charge >= 0.3 is 0 Å². The predicted octanol–water partition coefficient (Wildman–Crippen LogP) is 5.52. The molecule has 0 aliphatic carbocycles. The van der Waals surface area contributed by atoms with Crippen LogP contribution in [0.5, 0.6) is 5.75 Å². The van der Waals surface area contributed by atoms with Gasteiger partial charge in [-0.3, -0.25) is 0 Å². The second-order valence-corrected chi connectivity index (χ2v) is 4.28. The fraction of sp³-hybridized carbons (Fsp3) is 0.158. The number of hydrogen-bond donors (Lipinski definition) is 1. The van der Waals surface area contributed by atoms with Gasteiger partial charge in [-0.25, -0.2) is 0 Å². The average molecular weight is 266 g/mol. The third kappa shape index (κ3) is 3.61. The van der Waals surface area contributed by atoms with Crippen molar-refractivity contribution in [1.82, 2.24) is 0 Å². The third-order valence-electron chi connectivity index (χ3n) is 3.04. The van der Waals surface area contributed by atoms with Crippen LogP contribution in [-0.2, 0) is 0 Å². The summed E-state index contributed by atoms with van der Waals surface area (Å²) in [6, 6.07) is 5.81. The molecule has 0 atom stereocenters. The van der Waals surface area contributed by atoms with Crippen molar-refractivity contribution in [3.63, 3.8) is 0 Å². The molecule has 0 aliphatic rings. The molecule has 0 fully saturated rings. The largest absolute Gasteiger partial charge is 0.507 e. The summed E-state index contributed by atoms with van der Waals surface area (Å²) in [4.78, 5) is 0. The minimum Gasteiger partial charge on any atom is -0.507 e. The lowest BCUT2D eigenvalue weighted by Crippen LogP contribution is -1.88. The fourth-order valence-electron chi connectivity index (χ4n) is 2.04. The number of aromatic hydroxyl groups is 1. The Morgan fingerprint density at radius 1 is 1.00 bits per heavy atom. The molecule has 20 heavy (non-hydrogen) atoms. The highest BCUT2D eigenvalue weighted by atomic mass is 16.3. The van der Waals surface area contributed by atoms with Gasteiger partial charge in [0.15, 0.2) is 0 Å². The molecule has 104 valence electrons. The second kappa shape index (κ2) is 8.00. The minimum absolute atomic E-state index is 0.306. The highest BCUT2D eigenvalue weighted by Crippen LogP contribution is 2.34. The molecule has 1 aromatic carbocycles. The van der Waals surface area contributed by atoms with Gasteiger partial charge in [0.1, 0.15) is 5.75 Å². The van der Waals surface area contributed by atoms with Crippen LogP contribution in [0.2, 0.25) is 0 Å². The molecule has 0 heterocycles. The molecule has 1 nitrogen and oxygen atoms in total. The molecule has 0 unspecified atom stereocenters. The van der Waals surface area contributed by atoms with E-state index >= 15 is 0 Å². The summed E-state index contributed by atoms with van der Waals surface area (Å²) >= 11 is 0. The van der Waals surface area contributed by atoms with Gasteiger partial charge in [0, 0.05) is 11.1 Å². The van der Waals surface area contributed by atoms with E-state index in [0.717, 1.165) is 22.3 Å². The molecule has 1 heteroatoms. The molecular weight excluding hydrogens is 244 g/mol. The molecule has 1 aromatic rings. The normalized spacial score (nSPS) is 13.3. The van der Waals surface area contributed by atoms with E-state index in [1.807, 2.05) is 75.4 Å². The van der Waals surface area contributed by atoms with Crippen molar-refractivity contribution in [1.29, 1.82) is 0 Å². The van der Waals surface area contributed by atoms with Crippen LogP contribution in [0.3, 0.4) is 0 Å². The highest BCUT2D eigenvalue weighted by molar-refractivity contribution is 5.85. The standard InChI is InChI=1S/C19H22O/c1-5-9-12-16(8-4)18-14-10-13-17(19(18)20)15(7-3)11-6-2/h5-14,20H,1H2,2-4H3/b11-6-,12-9-,15-7+,16-8+. The topological polar surface area (TPSA) is 20.2 Å². The van der Waals surface area contributed by atoms with Crippen LogP contribution in [0.15, 0.2) is 67.3 Å².